The fraction of sp³-hybridized carbons (Fsp3) is 0.538. The van der Waals surface area contributed by atoms with Gasteiger partial charge >= 0.3 is 6.18 Å². The van der Waals surface area contributed by atoms with Crippen molar-refractivity contribution in [2.75, 3.05) is 18.8 Å². The Bertz CT molecular complexity index is 1760. The van der Waals surface area contributed by atoms with E-state index in [0.717, 1.165) is 21.2 Å². The quantitative estimate of drug-likeness (QED) is 0.175. The van der Waals surface area contributed by atoms with Crippen molar-refractivity contribution in [2.24, 2.45) is 11.8 Å². The zero-order valence-corrected chi connectivity index (χ0v) is 31.3. The molecule has 1 heterocycles. The Morgan fingerprint density at radius 2 is 1.52 bits per heavy atom. The molecule has 1 fully saturated rings. The molecule has 1 aliphatic heterocycles. The van der Waals surface area contributed by atoms with E-state index in [-0.39, 0.29) is 25.8 Å². The number of fused-ring (bicyclic) bond motifs is 1. The molecule has 52 heavy (non-hydrogen) atoms. The third-order valence-corrected chi connectivity index (χ3v) is 12.6. The standard InChI is InChI=1S/C39H52F3N3O6S/c1-25(2)34(44-36(48)29(24-52(50,51)38(3,4)5)22-28-17-11-16-27-15-9-10-18-30(27)28)37(49)43-31(21-26-13-7-6-8-14-26)35(47)32(46)23-45-20-12-19-33(45)39(40,41)42/h6-11,13-18,25,29,31-35,46-47H,12,19-24H2,1-5H3,(H,43,49)(H,44,48)/t29-,31+,32?,33+,34+,35-/m1/s1. The Balaban J connectivity index is 1.58. The number of alkyl halides is 3. The summed E-state index contributed by atoms with van der Waals surface area (Å²) in [7, 11) is -3.79. The third-order valence-electron chi connectivity index (χ3n) is 9.91. The largest absolute Gasteiger partial charge is 0.404 e. The molecule has 0 saturated carbocycles. The zero-order valence-electron chi connectivity index (χ0n) is 30.4. The molecular formula is C39H52F3N3O6S. The summed E-state index contributed by atoms with van der Waals surface area (Å²) in [6.45, 7) is 7.78. The maximum absolute atomic E-state index is 14.1. The second-order valence-corrected chi connectivity index (χ2v) is 18.0. The topological polar surface area (TPSA) is 136 Å². The zero-order chi connectivity index (χ0) is 38.4. The second-order valence-electron chi connectivity index (χ2n) is 15.2. The highest BCUT2D eigenvalue weighted by Crippen LogP contribution is 2.33. The predicted octanol–water partition coefficient (Wildman–Crippen LogP) is 4.83. The van der Waals surface area contributed by atoms with Crippen LogP contribution in [0.15, 0.2) is 72.8 Å². The van der Waals surface area contributed by atoms with Crippen LogP contribution < -0.4 is 10.6 Å². The van der Waals surface area contributed by atoms with E-state index in [0.29, 0.717) is 12.0 Å². The average Bonchev–Trinajstić information content (AvgIpc) is 3.55. The highest BCUT2D eigenvalue weighted by Gasteiger charge is 2.47. The van der Waals surface area contributed by atoms with Crippen molar-refractivity contribution in [1.29, 1.82) is 0 Å². The lowest BCUT2D eigenvalue weighted by Crippen LogP contribution is -2.59. The first-order valence-corrected chi connectivity index (χ1v) is 19.4. The predicted molar refractivity (Wildman–Crippen MR) is 196 cm³/mol. The molecule has 1 aliphatic rings. The third kappa shape index (κ3) is 10.5. The van der Waals surface area contributed by atoms with Gasteiger partial charge in [-0.15, -0.1) is 0 Å². The number of likely N-dealkylation sites (tertiary alicyclic amines) is 1. The number of hydrogen-bond donors (Lipinski definition) is 4. The van der Waals surface area contributed by atoms with Gasteiger partial charge < -0.3 is 20.8 Å². The molecule has 0 spiro atoms. The normalized spacial score (nSPS) is 18.9. The average molecular weight is 748 g/mol. The molecule has 1 saturated heterocycles. The van der Waals surface area contributed by atoms with Crippen molar-refractivity contribution >= 4 is 32.4 Å². The first-order valence-electron chi connectivity index (χ1n) is 17.8. The summed E-state index contributed by atoms with van der Waals surface area (Å²) in [5.41, 5.74) is 1.47. The smallest absolute Gasteiger partial charge is 0.389 e. The van der Waals surface area contributed by atoms with Crippen LogP contribution in [0.25, 0.3) is 10.8 Å². The number of sulfone groups is 1. The minimum Gasteiger partial charge on any atom is -0.389 e. The molecular weight excluding hydrogens is 696 g/mol. The molecule has 286 valence electrons. The van der Waals surface area contributed by atoms with Gasteiger partial charge in [0.1, 0.15) is 18.2 Å². The molecule has 4 rings (SSSR count). The number of nitrogens with one attached hydrogen (secondary N) is 2. The van der Waals surface area contributed by atoms with Gasteiger partial charge in [0.25, 0.3) is 0 Å². The summed E-state index contributed by atoms with van der Waals surface area (Å²) >= 11 is 0. The number of carbonyl (C=O) groups is 2. The van der Waals surface area contributed by atoms with E-state index >= 15 is 0 Å². The van der Waals surface area contributed by atoms with Gasteiger partial charge in [-0.2, -0.15) is 13.2 Å². The van der Waals surface area contributed by atoms with Crippen LogP contribution in [0, 0.1) is 11.8 Å². The van der Waals surface area contributed by atoms with Gasteiger partial charge in [-0.25, -0.2) is 8.42 Å². The van der Waals surface area contributed by atoms with Gasteiger partial charge in [0.2, 0.25) is 11.8 Å². The van der Waals surface area contributed by atoms with E-state index in [9.17, 15) is 41.4 Å². The number of β-amino-alcohol motifs (C(OH)–C–C–N with tert-alkyl or cyclic N) is 1. The second kappa shape index (κ2) is 17.1. The number of nitrogens with zero attached hydrogens (tertiary/aromatic N) is 1. The Labute approximate surface area is 304 Å². The molecule has 13 heteroatoms. The van der Waals surface area contributed by atoms with E-state index in [1.165, 1.54) is 0 Å². The number of amides is 2. The van der Waals surface area contributed by atoms with E-state index in [1.54, 1.807) is 65.0 Å². The van der Waals surface area contributed by atoms with Crippen molar-refractivity contribution in [3.63, 3.8) is 0 Å². The minimum atomic E-state index is -4.49. The van der Waals surface area contributed by atoms with E-state index in [4.69, 9.17) is 0 Å². The number of aliphatic hydroxyl groups is 2. The van der Waals surface area contributed by atoms with E-state index in [1.807, 2.05) is 42.5 Å². The number of rotatable bonds is 15. The summed E-state index contributed by atoms with van der Waals surface area (Å²) < 4.78 is 66.7. The van der Waals surface area contributed by atoms with Gasteiger partial charge in [-0.05, 0) is 80.8 Å². The molecule has 3 aromatic carbocycles. The highest BCUT2D eigenvalue weighted by atomic mass is 32.2. The number of benzene rings is 3. The van der Waals surface area contributed by atoms with Crippen molar-refractivity contribution in [2.45, 2.75) is 102 Å². The van der Waals surface area contributed by atoms with Gasteiger partial charge in [-0.3, -0.25) is 14.5 Å². The van der Waals surface area contributed by atoms with Crippen molar-refractivity contribution in [3.8, 4) is 0 Å². The van der Waals surface area contributed by atoms with Crippen molar-refractivity contribution < 1.29 is 41.4 Å². The van der Waals surface area contributed by atoms with Crippen LogP contribution in [0.2, 0.25) is 0 Å². The number of halogens is 3. The van der Waals surface area contributed by atoms with E-state index in [2.05, 4.69) is 10.6 Å². The highest BCUT2D eigenvalue weighted by molar-refractivity contribution is 7.92. The number of carbonyl (C=O) groups excluding carboxylic acids is 2. The molecule has 9 nitrogen and oxygen atoms in total. The lowest BCUT2D eigenvalue weighted by Gasteiger charge is -2.34. The van der Waals surface area contributed by atoms with Gasteiger partial charge in [0, 0.05) is 6.54 Å². The molecule has 0 aromatic heterocycles. The maximum Gasteiger partial charge on any atom is 0.404 e. The summed E-state index contributed by atoms with van der Waals surface area (Å²) in [6, 6.07) is 18.0. The lowest BCUT2D eigenvalue weighted by atomic mass is 9.93. The SMILES string of the molecule is CC(C)[C@H](NC(=O)[C@H](Cc1cccc2ccccc12)CS(=O)(=O)C(C)(C)C)C(=O)N[C@@H](Cc1ccccc1)[C@@H](O)C(O)CN1CCC[C@H]1C(F)(F)F. The summed E-state index contributed by atoms with van der Waals surface area (Å²) in [5.74, 6) is -3.33. The minimum absolute atomic E-state index is 0.0415. The van der Waals surface area contributed by atoms with E-state index < -0.39 is 87.0 Å². The first-order chi connectivity index (χ1) is 24.3. The Hall–Kier alpha value is -3.52. The van der Waals surface area contributed by atoms with Crippen molar-refractivity contribution in [3.05, 3.63) is 83.9 Å². The summed E-state index contributed by atoms with van der Waals surface area (Å²) in [6.07, 6.45) is -7.45. The fourth-order valence-electron chi connectivity index (χ4n) is 6.71. The van der Waals surface area contributed by atoms with Crippen LogP contribution in [0.1, 0.15) is 58.6 Å². The summed E-state index contributed by atoms with van der Waals surface area (Å²) in [5, 5.41) is 29.8. The van der Waals surface area contributed by atoms with Crippen LogP contribution in [0.4, 0.5) is 13.2 Å². The van der Waals surface area contributed by atoms with Crippen molar-refractivity contribution in [1.82, 2.24) is 15.5 Å². The summed E-state index contributed by atoms with van der Waals surface area (Å²) in [4.78, 5) is 29.2. The van der Waals surface area contributed by atoms with Crippen LogP contribution in [0.5, 0.6) is 0 Å². The molecule has 0 aliphatic carbocycles. The molecule has 0 bridgehead atoms. The molecule has 6 atom stereocenters. The first kappa shape index (κ1) is 41.2. The molecule has 3 aromatic rings. The fourth-order valence-corrected chi connectivity index (χ4v) is 8.01. The molecule has 2 amide bonds. The van der Waals surface area contributed by atoms with Gasteiger partial charge in [0.05, 0.1) is 28.6 Å². The maximum atomic E-state index is 14.1. The van der Waals surface area contributed by atoms with Gasteiger partial charge in [0.15, 0.2) is 9.84 Å². The molecule has 4 N–H and O–H groups in total. The Morgan fingerprint density at radius 1 is 0.885 bits per heavy atom. The molecule has 0 radical (unpaired) electrons. The monoisotopic (exact) mass is 747 g/mol. The van der Waals surface area contributed by atoms with Crippen LogP contribution in [-0.4, -0.2) is 95.4 Å². The molecule has 1 unspecified atom stereocenters. The number of hydrogen-bond acceptors (Lipinski definition) is 7. The van der Waals surface area contributed by atoms with Crippen LogP contribution >= 0.6 is 0 Å². The van der Waals surface area contributed by atoms with Gasteiger partial charge in [-0.1, -0.05) is 86.6 Å². The lowest BCUT2D eigenvalue weighted by molar-refractivity contribution is -0.180. The number of aliphatic hydroxyl groups excluding tert-OH is 2. The Kier molecular flexibility index (Phi) is 13.6. The Morgan fingerprint density at radius 3 is 2.15 bits per heavy atom. The van der Waals surface area contributed by atoms with Crippen LogP contribution in [-0.2, 0) is 32.3 Å². The van der Waals surface area contributed by atoms with Crippen LogP contribution in [0.3, 0.4) is 0 Å².